The van der Waals surface area contributed by atoms with Gasteiger partial charge >= 0.3 is 29.8 Å². The van der Waals surface area contributed by atoms with Crippen LogP contribution in [0.4, 0.5) is 0 Å². The molecule has 1 aliphatic heterocycles. The average molecular weight is 430 g/mol. The summed E-state index contributed by atoms with van der Waals surface area (Å²) in [6.45, 7) is 6.12. The fraction of sp³-hybridized carbons (Fsp3) is 0.632. The zero-order chi connectivity index (χ0) is 22.8. The highest BCUT2D eigenvalue weighted by Crippen LogP contribution is 2.30. The number of carbonyl (C=O) groups is 5. The van der Waals surface area contributed by atoms with Gasteiger partial charge in [0.25, 0.3) is 0 Å². The second-order valence-electron chi connectivity index (χ2n) is 6.24. The van der Waals surface area contributed by atoms with E-state index in [0.717, 1.165) is 0 Å². The predicted octanol–water partition coefficient (Wildman–Crippen LogP) is 0.881. The van der Waals surface area contributed by atoms with Crippen LogP contribution in [0.1, 0.15) is 47.0 Å². The number of rotatable bonds is 9. The zero-order valence-electron chi connectivity index (χ0n) is 17.2. The number of esters is 4. The van der Waals surface area contributed by atoms with Crippen LogP contribution >= 0.6 is 0 Å². The molecule has 0 unspecified atom stereocenters. The van der Waals surface area contributed by atoms with E-state index >= 15 is 0 Å². The van der Waals surface area contributed by atoms with Gasteiger partial charge in [-0.05, 0) is 6.92 Å². The average Bonchev–Trinajstić information content (AvgIpc) is 2.70. The Hall–Kier alpha value is -2.95. The van der Waals surface area contributed by atoms with Gasteiger partial charge in [0.15, 0.2) is 12.2 Å². The van der Waals surface area contributed by atoms with Crippen molar-refractivity contribution in [2.75, 3.05) is 0 Å². The Bertz CT molecular complexity index is 684. The lowest BCUT2D eigenvalue weighted by atomic mass is 9.98. The summed E-state index contributed by atoms with van der Waals surface area (Å²) in [5, 5.41) is 8.62. The first-order valence-electron chi connectivity index (χ1n) is 9.48. The van der Waals surface area contributed by atoms with Crippen molar-refractivity contribution in [2.24, 2.45) is 0 Å². The first-order chi connectivity index (χ1) is 14.1. The molecule has 0 aromatic heterocycles. The summed E-state index contributed by atoms with van der Waals surface area (Å²) in [6, 6.07) is 0. The highest BCUT2D eigenvalue weighted by Gasteiger charge is 2.52. The quantitative estimate of drug-likeness (QED) is 0.315. The molecule has 0 aliphatic carbocycles. The van der Waals surface area contributed by atoms with Crippen molar-refractivity contribution in [3.63, 3.8) is 0 Å². The van der Waals surface area contributed by atoms with Crippen LogP contribution in [-0.2, 0) is 47.7 Å². The van der Waals surface area contributed by atoms with Crippen LogP contribution in [-0.4, -0.2) is 65.7 Å². The number of carboxylic acid groups (broad SMARTS) is 1. The van der Waals surface area contributed by atoms with Gasteiger partial charge < -0.3 is 28.8 Å². The number of carboxylic acids is 1. The predicted molar refractivity (Wildman–Crippen MR) is 97.7 cm³/mol. The molecule has 0 bridgehead atoms. The number of aliphatic carboxylic acids is 1. The van der Waals surface area contributed by atoms with Crippen LogP contribution in [0.2, 0.25) is 0 Å². The Balaban J connectivity index is 3.25. The number of hydrogen-bond donors (Lipinski definition) is 1. The normalized spacial score (nSPS) is 25.9. The molecule has 1 aliphatic rings. The van der Waals surface area contributed by atoms with Gasteiger partial charge in [-0.15, -0.1) is 0 Å². The molecular formula is C19H26O11. The van der Waals surface area contributed by atoms with Crippen LogP contribution < -0.4 is 0 Å². The van der Waals surface area contributed by atoms with Crippen LogP contribution in [0.5, 0.6) is 0 Å². The fourth-order valence-electron chi connectivity index (χ4n) is 2.49. The maximum absolute atomic E-state index is 12.0. The largest absolute Gasteiger partial charge is 0.478 e. The first-order valence-corrected chi connectivity index (χ1v) is 9.48. The Kier molecular flexibility index (Phi) is 9.96. The van der Waals surface area contributed by atoms with Gasteiger partial charge in [0.1, 0.15) is 0 Å². The van der Waals surface area contributed by atoms with E-state index in [1.807, 2.05) is 0 Å². The van der Waals surface area contributed by atoms with E-state index in [1.165, 1.54) is 13.8 Å². The third-order valence-electron chi connectivity index (χ3n) is 3.99. The number of carbonyl (C=O) groups excluding carboxylic acids is 4. The Morgan fingerprint density at radius 3 is 1.70 bits per heavy atom. The minimum Gasteiger partial charge on any atom is -0.478 e. The van der Waals surface area contributed by atoms with Crippen LogP contribution in [0, 0.1) is 0 Å². The van der Waals surface area contributed by atoms with Gasteiger partial charge in [-0.3, -0.25) is 14.4 Å². The molecule has 1 fully saturated rings. The molecule has 0 spiro atoms. The number of ether oxygens (including phenoxy) is 5. The summed E-state index contributed by atoms with van der Waals surface area (Å²) >= 11 is 0. The lowest BCUT2D eigenvalue weighted by molar-refractivity contribution is -0.292. The van der Waals surface area contributed by atoms with Crippen molar-refractivity contribution in [1.82, 2.24) is 0 Å². The highest BCUT2D eigenvalue weighted by molar-refractivity contribution is 5.90. The van der Waals surface area contributed by atoms with Gasteiger partial charge in [0.2, 0.25) is 12.4 Å². The van der Waals surface area contributed by atoms with Gasteiger partial charge in [0, 0.05) is 31.4 Å². The SMILES string of the molecule is CCC(=O)O[C@H]1[C@H](OC(=O)CC)[C@@H](OC(=O)/C=C/C(=O)O)O[C@@H](C)[C@H]1OC(=O)CC. The second-order valence-corrected chi connectivity index (χ2v) is 6.24. The van der Waals surface area contributed by atoms with Crippen molar-refractivity contribution in [3.05, 3.63) is 12.2 Å². The summed E-state index contributed by atoms with van der Waals surface area (Å²) < 4.78 is 26.6. The summed E-state index contributed by atoms with van der Waals surface area (Å²) in [6.07, 6.45) is -5.15. The summed E-state index contributed by atoms with van der Waals surface area (Å²) in [4.78, 5) is 58.3. The van der Waals surface area contributed by atoms with Gasteiger partial charge in [-0.1, -0.05) is 20.8 Å². The standard InChI is InChI=1S/C19H26O11/c1-5-12(22)27-16-10(4)26-19(30-15(25)9-8-11(20)21)18(29-14(24)7-3)17(16)28-13(23)6-2/h8-10,16-19H,5-7H2,1-4H3,(H,20,21)/b9-8+/t10-,16+,17+,18-,19+/m0/s1. The molecule has 1 saturated heterocycles. The monoisotopic (exact) mass is 430 g/mol. The van der Waals surface area contributed by atoms with E-state index in [-0.39, 0.29) is 19.3 Å². The molecule has 0 aromatic carbocycles. The van der Waals surface area contributed by atoms with E-state index in [4.69, 9.17) is 28.8 Å². The van der Waals surface area contributed by atoms with E-state index in [1.54, 1.807) is 13.8 Å². The highest BCUT2D eigenvalue weighted by atomic mass is 16.7. The minimum atomic E-state index is -1.53. The van der Waals surface area contributed by atoms with Crippen molar-refractivity contribution in [1.29, 1.82) is 0 Å². The van der Waals surface area contributed by atoms with Gasteiger partial charge in [0.05, 0.1) is 6.10 Å². The van der Waals surface area contributed by atoms with E-state index in [9.17, 15) is 24.0 Å². The summed E-state index contributed by atoms with van der Waals surface area (Å²) in [7, 11) is 0. The Morgan fingerprint density at radius 1 is 0.767 bits per heavy atom. The van der Waals surface area contributed by atoms with Crippen LogP contribution in [0.15, 0.2) is 12.2 Å². The molecule has 5 atom stereocenters. The molecule has 1 N–H and O–H groups in total. The van der Waals surface area contributed by atoms with Gasteiger partial charge in [-0.25, -0.2) is 9.59 Å². The topological polar surface area (TPSA) is 152 Å². The molecule has 0 amide bonds. The maximum atomic E-state index is 12.0. The first kappa shape index (κ1) is 25.1. The van der Waals surface area contributed by atoms with Crippen molar-refractivity contribution in [2.45, 2.75) is 77.7 Å². The molecular weight excluding hydrogens is 404 g/mol. The molecule has 30 heavy (non-hydrogen) atoms. The second kappa shape index (κ2) is 11.9. The molecule has 0 radical (unpaired) electrons. The third-order valence-corrected chi connectivity index (χ3v) is 3.99. The lowest BCUT2D eigenvalue weighted by Gasteiger charge is -2.43. The molecule has 1 rings (SSSR count). The lowest BCUT2D eigenvalue weighted by Crippen LogP contribution is -2.61. The van der Waals surface area contributed by atoms with Crippen LogP contribution in [0.3, 0.4) is 0 Å². The van der Waals surface area contributed by atoms with Crippen molar-refractivity contribution < 1.29 is 52.8 Å². The van der Waals surface area contributed by atoms with Gasteiger partial charge in [-0.2, -0.15) is 0 Å². The van der Waals surface area contributed by atoms with Crippen molar-refractivity contribution >= 4 is 29.8 Å². The molecule has 11 nitrogen and oxygen atoms in total. The molecule has 11 heteroatoms. The van der Waals surface area contributed by atoms with Crippen LogP contribution in [0.25, 0.3) is 0 Å². The Morgan fingerprint density at radius 2 is 1.23 bits per heavy atom. The molecule has 168 valence electrons. The van der Waals surface area contributed by atoms with E-state index < -0.39 is 60.6 Å². The number of hydrogen-bond acceptors (Lipinski definition) is 10. The summed E-state index contributed by atoms with van der Waals surface area (Å²) in [5.41, 5.74) is 0. The van der Waals surface area contributed by atoms with E-state index in [0.29, 0.717) is 12.2 Å². The fourth-order valence-corrected chi connectivity index (χ4v) is 2.49. The molecule has 1 heterocycles. The van der Waals surface area contributed by atoms with Crippen molar-refractivity contribution in [3.8, 4) is 0 Å². The minimum absolute atomic E-state index is 0.0135. The zero-order valence-corrected chi connectivity index (χ0v) is 17.2. The smallest absolute Gasteiger partial charge is 0.333 e. The summed E-state index contributed by atoms with van der Waals surface area (Å²) in [5.74, 6) is -4.44. The maximum Gasteiger partial charge on any atom is 0.333 e. The molecule has 0 aromatic rings. The Labute approximate surface area is 173 Å². The van der Waals surface area contributed by atoms with E-state index in [2.05, 4.69) is 0 Å². The third kappa shape index (κ3) is 7.47. The molecule has 0 saturated carbocycles.